The van der Waals surface area contributed by atoms with Gasteiger partial charge in [0.1, 0.15) is 0 Å². The summed E-state index contributed by atoms with van der Waals surface area (Å²) in [5.74, 6) is 0.657. The maximum atomic E-state index is 9.62. The zero-order valence-corrected chi connectivity index (χ0v) is 10.8. The third-order valence-electron chi connectivity index (χ3n) is 3.45. The fourth-order valence-electron chi connectivity index (χ4n) is 1.43. The summed E-state index contributed by atoms with van der Waals surface area (Å²) in [4.78, 5) is 2.33. The van der Waals surface area contributed by atoms with Crippen molar-refractivity contribution in [1.29, 1.82) is 0 Å². The third kappa shape index (κ3) is 3.97. The molecule has 0 bridgehead atoms. The van der Waals surface area contributed by atoms with E-state index < -0.39 is 0 Å². The highest BCUT2D eigenvalue weighted by Crippen LogP contribution is 2.23. The van der Waals surface area contributed by atoms with Gasteiger partial charge in [-0.2, -0.15) is 0 Å². The molecule has 14 heavy (non-hydrogen) atoms. The predicted molar refractivity (Wildman–Crippen MR) is 62.4 cm³/mol. The van der Waals surface area contributed by atoms with Gasteiger partial charge in [0.05, 0.1) is 6.10 Å². The fourth-order valence-corrected chi connectivity index (χ4v) is 1.43. The molecule has 0 aromatic rings. The molecule has 0 spiro atoms. The van der Waals surface area contributed by atoms with E-state index in [9.17, 15) is 5.11 Å². The molecule has 0 aliphatic carbocycles. The van der Waals surface area contributed by atoms with Gasteiger partial charge in [-0.05, 0) is 26.8 Å². The first-order valence-electron chi connectivity index (χ1n) is 5.56. The summed E-state index contributed by atoms with van der Waals surface area (Å²) in [5.41, 5.74) is -0.0299. The van der Waals surface area contributed by atoms with Crippen LogP contribution in [0, 0.1) is 11.3 Å². The second kappa shape index (κ2) is 5.13. The number of hydrogen-bond acceptors (Lipinski definition) is 2. The summed E-state index contributed by atoms with van der Waals surface area (Å²) in [6, 6.07) is 0.563. The molecule has 0 saturated carbocycles. The number of nitrogens with zero attached hydrogens (tertiary/aromatic N) is 1. The van der Waals surface area contributed by atoms with Crippen LogP contribution in [0.1, 0.15) is 41.5 Å². The smallest absolute Gasteiger partial charge is 0.0575 e. The van der Waals surface area contributed by atoms with Crippen LogP contribution in [-0.2, 0) is 0 Å². The maximum Gasteiger partial charge on any atom is 0.0575 e. The maximum absolute atomic E-state index is 9.62. The third-order valence-corrected chi connectivity index (χ3v) is 3.45. The summed E-state index contributed by atoms with van der Waals surface area (Å²) in [6.07, 6.45) is -0.260. The Morgan fingerprint density at radius 1 is 1.14 bits per heavy atom. The molecule has 0 fully saturated rings. The van der Waals surface area contributed by atoms with Crippen molar-refractivity contribution in [3.05, 3.63) is 0 Å². The Labute approximate surface area is 89.3 Å². The number of aliphatic hydroxyl groups excluding tert-OH is 1. The molecular formula is C12H27NO. The molecule has 86 valence electrons. The Bertz CT molecular complexity index is 164. The molecular weight excluding hydrogens is 174 g/mol. The Morgan fingerprint density at radius 2 is 1.57 bits per heavy atom. The number of rotatable bonds is 5. The minimum absolute atomic E-state index is 0.0299. The summed E-state index contributed by atoms with van der Waals surface area (Å²) in [7, 11) is 2.13. The molecule has 2 unspecified atom stereocenters. The highest BCUT2D eigenvalue weighted by atomic mass is 16.3. The molecule has 2 heteroatoms. The average Bonchev–Trinajstić information content (AvgIpc) is 2.01. The van der Waals surface area contributed by atoms with E-state index in [4.69, 9.17) is 0 Å². The van der Waals surface area contributed by atoms with E-state index in [0.29, 0.717) is 12.0 Å². The second-order valence-electron chi connectivity index (χ2n) is 5.56. The van der Waals surface area contributed by atoms with Crippen molar-refractivity contribution in [2.45, 2.75) is 53.7 Å². The van der Waals surface area contributed by atoms with Crippen molar-refractivity contribution < 1.29 is 5.11 Å². The van der Waals surface area contributed by atoms with Crippen molar-refractivity contribution in [1.82, 2.24) is 4.90 Å². The Kier molecular flexibility index (Phi) is 5.10. The molecule has 0 aliphatic rings. The molecule has 0 rings (SSSR count). The minimum atomic E-state index is -0.260. The Balaban J connectivity index is 4.24. The normalized spacial score (nSPS) is 17.6. The average molecular weight is 201 g/mol. The van der Waals surface area contributed by atoms with Gasteiger partial charge in [-0.1, -0.05) is 27.7 Å². The van der Waals surface area contributed by atoms with Crippen LogP contribution in [0.15, 0.2) is 0 Å². The van der Waals surface area contributed by atoms with Crippen LogP contribution in [0.25, 0.3) is 0 Å². The van der Waals surface area contributed by atoms with Crippen LogP contribution in [0.2, 0.25) is 0 Å². The van der Waals surface area contributed by atoms with E-state index >= 15 is 0 Å². The van der Waals surface area contributed by atoms with Crippen LogP contribution in [-0.4, -0.2) is 35.7 Å². The van der Waals surface area contributed by atoms with E-state index in [2.05, 4.69) is 46.6 Å². The number of aliphatic hydroxyl groups is 1. The van der Waals surface area contributed by atoms with E-state index in [1.54, 1.807) is 0 Å². The summed E-state index contributed by atoms with van der Waals surface area (Å²) in [6.45, 7) is 13.7. The van der Waals surface area contributed by atoms with Gasteiger partial charge in [-0.25, -0.2) is 0 Å². The van der Waals surface area contributed by atoms with Crippen LogP contribution < -0.4 is 0 Å². The molecule has 0 radical (unpaired) electrons. The summed E-state index contributed by atoms with van der Waals surface area (Å²) < 4.78 is 0. The lowest BCUT2D eigenvalue weighted by atomic mass is 9.86. The Morgan fingerprint density at radius 3 is 1.86 bits per heavy atom. The molecule has 0 saturated heterocycles. The lowest BCUT2D eigenvalue weighted by molar-refractivity contribution is 0.0271. The van der Waals surface area contributed by atoms with Crippen molar-refractivity contribution in [3.63, 3.8) is 0 Å². The van der Waals surface area contributed by atoms with Gasteiger partial charge < -0.3 is 10.0 Å². The molecule has 2 nitrogen and oxygen atoms in total. The quantitative estimate of drug-likeness (QED) is 0.738. The first-order chi connectivity index (χ1) is 6.18. The minimum Gasteiger partial charge on any atom is -0.393 e. The first-order valence-corrected chi connectivity index (χ1v) is 5.56. The van der Waals surface area contributed by atoms with E-state index in [1.807, 2.05) is 6.92 Å². The summed E-state index contributed by atoms with van der Waals surface area (Å²) in [5, 5.41) is 9.62. The van der Waals surface area contributed by atoms with Gasteiger partial charge in [0.2, 0.25) is 0 Å². The van der Waals surface area contributed by atoms with Gasteiger partial charge in [0, 0.05) is 18.0 Å². The van der Waals surface area contributed by atoms with E-state index in [1.165, 1.54) is 0 Å². The van der Waals surface area contributed by atoms with Gasteiger partial charge in [-0.3, -0.25) is 0 Å². The van der Waals surface area contributed by atoms with Gasteiger partial charge in [-0.15, -0.1) is 0 Å². The lowest BCUT2D eigenvalue weighted by Gasteiger charge is -2.37. The molecule has 0 aromatic carbocycles. The highest BCUT2D eigenvalue weighted by Gasteiger charge is 2.27. The zero-order chi connectivity index (χ0) is 11.5. The molecule has 0 heterocycles. The topological polar surface area (TPSA) is 23.5 Å². The lowest BCUT2D eigenvalue weighted by Crippen LogP contribution is -2.43. The van der Waals surface area contributed by atoms with E-state index in [0.717, 1.165) is 6.54 Å². The van der Waals surface area contributed by atoms with Gasteiger partial charge in [0.15, 0.2) is 0 Å². The fraction of sp³-hybridized carbons (Fsp3) is 1.00. The predicted octanol–water partition coefficient (Wildman–Crippen LogP) is 2.37. The van der Waals surface area contributed by atoms with Crippen molar-refractivity contribution in [2.24, 2.45) is 11.3 Å². The van der Waals surface area contributed by atoms with Crippen molar-refractivity contribution in [3.8, 4) is 0 Å². The van der Waals surface area contributed by atoms with Crippen LogP contribution in [0.4, 0.5) is 0 Å². The van der Waals surface area contributed by atoms with Crippen LogP contribution >= 0.6 is 0 Å². The zero-order valence-electron chi connectivity index (χ0n) is 10.8. The van der Waals surface area contributed by atoms with Gasteiger partial charge in [0.25, 0.3) is 0 Å². The van der Waals surface area contributed by atoms with E-state index in [-0.39, 0.29) is 11.5 Å². The summed E-state index contributed by atoms with van der Waals surface area (Å²) >= 11 is 0. The highest BCUT2D eigenvalue weighted by molar-refractivity contribution is 4.80. The van der Waals surface area contributed by atoms with Crippen LogP contribution in [0.3, 0.4) is 0 Å². The molecule has 0 aromatic heterocycles. The standard InChI is InChI=1S/C12H27NO/c1-9(2)10(3)13(7)8-12(5,6)11(4)14/h9-11,14H,8H2,1-7H3. The van der Waals surface area contributed by atoms with Crippen molar-refractivity contribution in [2.75, 3.05) is 13.6 Å². The molecule has 2 atom stereocenters. The van der Waals surface area contributed by atoms with Gasteiger partial charge >= 0.3 is 0 Å². The monoisotopic (exact) mass is 201 g/mol. The first kappa shape index (κ1) is 13.9. The Hall–Kier alpha value is -0.0800. The molecule has 0 amide bonds. The largest absolute Gasteiger partial charge is 0.393 e. The second-order valence-corrected chi connectivity index (χ2v) is 5.56. The molecule has 0 aliphatic heterocycles. The number of hydrogen-bond donors (Lipinski definition) is 1. The molecule has 1 N–H and O–H groups in total. The van der Waals surface area contributed by atoms with Crippen molar-refractivity contribution >= 4 is 0 Å². The SMILES string of the molecule is CC(C)C(C)N(C)CC(C)(C)C(C)O. The van der Waals surface area contributed by atoms with Crippen LogP contribution in [0.5, 0.6) is 0 Å².